The largest absolute Gasteiger partial charge is 0.346 e. The van der Waals surface area contributed by atoms with E-state index < -0.39 is 0 Å². The molecule has 1 saturated carbocycles. The summed E-state index contributed by atoms with van der Waals surface area (Å²) >= 11 is 0. The van der Waals surface area contributed by atoms with E-state index in [0.717, 1.165) is 11.3 Å². The van der Waals surface area contributed by atoms with Crippen molar-refractivity contribution in [3.8, 4) is 6.07 Å². The zero-order valence-corrected chi connectivity index (χ0v) is 11.8. The normalized spacial score (nSPS) is 15.2. The van der Waals surface area contributed by atoms with E-state index in [1.54, 1.807) is 6.20 Å². The number of rotatable bonds is 3. The van der Waals surface area contributed by atoms with Crippen LogP contribution < -0.4 is 0 Å². The molecule has 3 heteroatoms. The molecular formula is C17H17N3. The minimum atomic E-state index is 0.613. The van der Waals surface area contributed by atoms with Crippen molar-refractivity contribution < 1.29 is 0 Å². The minimum absolute atomic E-state index is 0.613. The van der Waals surface area contributed by atoms with Crippen molar-refractivity contribution in [3.63, 3.8) is 0 Å². The number of hydrogen-bond acceptors (Lipinski definition) is 2. The van der Waals surface area contributed by atoms with Crippen LogP contribution in [0.25, 0.3) is 11.6 Å². The third kappa shape index (κ3) is 2.25. The Balaban J connectivity index is 2.03. The number of nitrogens with zero attached hydrogens (tertiary/aromatic N) is 3. The lowest BCUT2D eigenvalue weighted by Gasteiger charge is -2.06. The molecule has 1 aliphatic rings. The van der Waals surface area contributed by atoms with Crippen molar-refractivity contribution in [1.82, 2.24) is 9.55 Å². The van der Waals surface area contributed by atoms with E-state index in [1.165, 1.54) is 24.2 Å². The summed E-state index contributed by atoms with van der Waals surface area (Å²) < 4.78 is 2.39. The van der Waals surface area contributed by atoms with Gasteiger partial charge >= 0.3 is 0 Å². The van der Waals surface area contributed by atoms with Crippen LogP contribution in [0.2, 0.25) is 0 Å². The summed E-state index contributed by atoms with van der Waals surface area (Å²) in [6.07, 6.45) is 6.20. The molecule has 0 N–H and O–H groups in total. The highest BCUT2D eigenvalue weighted by molar-refractivity contribution is 5.88. The van der Waals surface area contributed by atoms with E-state index in [9.17, 15) is 5.26 Å². The fourth-order valence-electron chi connectivity index (χ4n) is 2.68. The van der Waals surface area contributed by atoms with Gasteiger partial charge in [-0.1, -0.05) is 6.07 Å². The molecule has 2 aromatic rings. The Bertz CT molecular complexity index is 698. The highest BCUT2D eigenvalue weighted by Gasteiger charge is 2.26. The van der Waals surface area contributed by atoms with Crippen LogP contribution in [0.5, 0.6) is 0 Å². The molecule has 0 amide bonds. The first kappa shape index (κ1) is 12.7. The maximum Gasteiger partial charge on any atom is 0.101 e. The Morgan fingerprint density at radius 1 is 1.40 bits per heavy atom. The zero-order valence-electron chi connectivity index (χ0n) is 11.8. The van der Waals surface area contributed by atoms with Crippen molar-refractivity contribution in [1.29, 1.82) is 5.26 Å². The number of allylic oxidation sites excluding steroid dienone is 1. The fraction of sp³-hybridized carbons (Fsp3) is 0.294. The van der Waals surface area contributed by atoms with Gasteiger partial charge in [-0.3, -0.25) is 4.98 Å². The van der Waals surface area contributed by atoms with Gasteiger partial charge in [-0.2, -0.15) is 5.26 Å². The Labute approximate surface area is 119 Å². The van der Waals surface area contributed by atoms with Crippen LogP contribution in [-0.2, 0) is 0 Å². The Morgan fingerprint density at radius 3 is 2.80 bits per heavy atom. The van der Waals surface area contributed by atoms with Gasteiger partial charge in [-0.15, -0.1) is 0 Å². The lowest BCUT2D eigenvalue weighted by atomic mass is 10.1. The van der Waals surface area contributed by atoms with Gasteiger partial charge in [0.2, 0.25) is 0 Å². The summed E-state index contributed by atoms with van der Waals surface area (Å²) in [6.45, 7) is 4.26. The van der Waals surface area contributed by atoms with Crippen molar-refractivity contribution >= 4 is 11.6 Å². The first-order valence-corrected chi connectivity index (χ1v) is 6.92. The van der Waals surface area contributed by atoms with Gasteiger partial charge in [0.15, 0.2) is 0 Å². The van der Waals surface area contributed by atoms with Gasteiger partial charge < -0.3 is 4.57 Å². The van der Waals surface area contributed by atoms with Crippen molar-refractivity contribution in [2.45, 2.75) is 32.7 Å². The van der Waals surface area contributed by atoms with Crippen LogP contribution in [0.15, 0.2) is 30.5 Å². The number of pyridine rings is 1. The molecule has 1 fully saturated rings. The summed E-state index contributed by atoms with van der Waals surface area (Å²) in [5, 5.41) is 9.36. The fourth-order valence-corrected chi connectivity index (χ4v) is 2.68. The predicted molar refractivity (Wildman–Crippen MR) is 79.9 cm³/mol. The smallest absolute Gasteiger partial charge is 0.101 e. The van der Waals surface area contributed by atoms with E-state index in [4.69, 9.17) is 0 Å². The molecule has 0 unspecified atom stereocenters. The molecule has 0 atom stereocenters. The molecule has 100 valence electrons. The maximum absolute atomic E-state index is 9.36. The Hall–Kier alpha value is -2.34. The van der Waals surface area contributed by atoms with Gasteiger partial charge in [0.1, 0.15) is 6.07 Å². The van der Waals surface area contributed by atoms with Gasteiger partial charge in [0, 0.05) is 23.6 Å². The highest BCUT2D eigenvalue weighted by atomic mass is 15.1. The van der Waals surface area contributed by atoms with Crippen LogP contribution in [0.1, 0.15) is 41.5 Å². The first-order valence-electron chi connectivity index (χ1n) is 6.92. The summed E-state index contributed by atoms with van der Waals surface area (Å²) in [4.78, 5) is 4.25. The average molecular weight is 263 g/mol. The second-order valence-corrected chi connectivity index (χ2v) is 5.31. The third-order valence-corrected chi connectivity index (χ3v) is 3.80. The van der Waals surface area contributed by atoms with E-state index in [-0.39, 0.29) is 0 Å². The lowest BCUT2D eigenvalue weighted by molar-refractivity contribution is 0.699. The van der Waals surface area contributed by atoms with Crippen molar-refractivity contribution in [3.05, 3.63) is 53.1 Å². The predicted octanol–water partition coefficient (Wildman–Crippen LogP) is 3.90. The van der Waals surface area contributed by atoms with E-state index in [2.05, 4.69) is 35.5 Å². The molecule has 0 aromatic carbocycles. The monoisotopic (exact) mass is 263 g/mol. The quantitative estimate of drug-likeness (QED) is 0.788. The summed E-state index contributed by atoms with van der Waals surface area (Å²) in [5.74, 6) is 0. The molecule has 2 heterocycles. The number of aromatic nitrogens is 2. The molecule has 2 aromatic heterocycles. The molecule has 0 saturated heterocycles. The van der Waals surface area contributed by atoms with Crippen LogP contribution in [-0.4, -0.2) is 9.55 Å². The van der Waals surface area contributed by atoms with Gasteiger partial charge in [0.25, 0.3) is 0 Å². The number of aryl methyl sites for hydroxylation is 1. The molecule has 0 spiro atoms. The van der Waals surface area contributed by atoms with Crippen molar-refractivity contribution in [2.75, 3.05) is 0 Å². The number of hydrogen-bond donors (Lipinski definition) is 0. The molecule has 0 bridgehead atoms. The molecular weight excluding hydrogens is 246 g/mol. The number of nitriles is 1. The molecule has 3 rings (SSSR count). The second kappa shape index (κ2) is 4.97. The van der Waals surface area contributed by atoms with Gasteiger partial charge in [-0.05, 0) is 56.5 Å². The molecule has 3 nitrogen and oxygen atoms in total. The lowest BCUT2D eigenvalue weighted by Crippen LogP contribution is -1.98. The Kier molecular flexibility index (Phi) is 3.15. The summed E-state index contributed by atoms with van der Waals surface area (Å²) in [5.41, 5.74) is 4.98. The first-order chi connectivity index (χ1) is 9.70. The third-order valence-electron chi connectivity index (χ3n) is 3.80. The van der Waals surface area contributed by atoms with E-state index >= 15 is 0 Å². The second-order valence-electron chi connectivity index (χ2n) is 5.31. The SMILES string of the molecule is Cc1cc(C=C(C#N)c2ccccn2)c(C)n1C1CC1. The summed E-state index contributed by atoms with van der Waals surface area (Å²) in [7, 11) is 0. The highest BCUT2D eigenvalue weighted by Crippen LogP contribution is 2.38. The van der Waals surface area contributed by atoms with Crippen LogP contribution >= 0.6 is 0 Å². The molecule has 0 aliphatic heterocycles. The molecule has 1 aliphatic carbocycles. The standard InChI is InChI=1S/C17H17N3/c1-12-9-14(13(2)20(12)16-6-7-16)10-15(11-18)17-5-3-4-8-19-17/h3-5,8-10,16H,6-7H2,1-2H3. The zero-order chi connectivity index (χ0) is 14.1. The van der Waals surface area contributed by atoms with Crippen LogP contribution in [0, 0.1) is 25.2 Å². The summed E-state index contributed by atoms with van der Waals surface area (Å²) in [6, 6.07) is 10.7. The Morgan fingerprint density at radius 2 is 2.20 bits per heavy atom. The maximum atomic E-state index is 9.36. The molecule has 0 radical (unpaired) electrons. The van der Waals surface area contributed by atoms with E-state index in [0.29, 0.717) is 11.6 Å². The molecule has 20 heavy (non-hydrogen) atoms. The van der Waals surface area contributed by atoms with E-state index in [1.807, 2.05) is 24.3 Å². The van der Waals surface area contributed by atoms with Crippen LogP contribution in [0.4, 0.5) is 0 Å². The topological polar surface area (TPSA) is 41.6 Å². The van der Waals surface area contributed by atoms with Crippen LogP contribution in [0.3, 0.4) is 0 Å². The van der Waals surface area contributed by atoms with Gasteiger partial charge in [-0.25, -0.2) is 0 Å². The minimum Gasteiger partial charge on any atom is -0.346 e. The van der Waals surface area contributed by atoms with Gasteiger partial charge in [0.05, 0.1) is 11.3 Å². The average Bonchev–Trinajstić information content (AvgIpc) is 3.25. The van der Waals surface area contributed by atoms with Crippen molar-refractivity contribution in [2.24, 2.45) is 0 Å².